The van der Waals surface area contributed by atoms with Gasteiger partial charge in [-0.3, -0.25) is 88.4 Å². The lowest BCUT2D eigenvalue weighted by Gasteiger charge is -2.29. The van der Waals surface area contributed by atoms with Gasteiger partial charge in [-0.2, -0.15) is 15.0 Å². The summed E-state index contributed by atoms with van der Waals surface area (Å²) >= 11 is 16.4. The standard InChI is InChI=1S/C73H103N25O41P6S3/c1-32-18-93(72(103)87-56(32)74)42-16-34(134-143(111,146)118-7)38(128-42)22-126-144(112,147)135-35-17-43(95-28-83-44-57(75)79-26-81-59(44)95)129-37(35)21-123-140(105,106)136-49-39(131-66(53(49)120-13-9-115-4)94-19-33(2)63(100)92-73(94)104)23-124-141(107,108)137-50-40(132-67(54(50)121-14-10-116-5)96-29-84-45-58(76)80-27-82-60(45)96)24-125-142(109,110)138-51-41(133-69(55(51)122-15-11-117-6)98-31-86-47-62(98)89-71(78)91-65(47)102)25-127-145(113,148)139-48-36(20-99)130-68(52(48)119-12-8-114-3)97-30-85-46-61(97)88-70(77)90-64(46)101/h18-19,26-31,34-43,48-55,66-69,99H,8-17,20-25H2,1-7H3,(H,105,106)(H,107,108)(H,109,110)(H,111,146)(H,112,147)(H,113,148)(H2,74,87,103)(H2,75,79,81)(H2,76,80,82)(H,92,100,104)(H3,77,88,90,101)(H3,78,89,91,102)/t34-,35-,36-,37-,38-,39-,40-,41-,42-,43-,48+,49+,50+,51+,52?,53?,54?,55?,66-,67-,68-,69-,143?,144?,145?/m1/s1. The van der Waals surface area contributed by atoms with Gasteiger partial charge in [-0.15, -0.1) is 0 Å². The molecule has 6 fully saturated rings. The van der Waals surface area contributed by atoms with Crippen molar-refractivity contribution >= 4 is 153 Å². The first-order chi connectivity index (χ1) is 70.4. The van der Waals surface area contributed by atoms with E-state index < -0.39 is 266 Å². The Labute approximate surface area is 846 Å². The summed E-state index contributed by atoms with van der Waals surface area (Å²) in [6.07, 6.45) is -27.6. The van der Waals surface area contributed by atoms with Crippen molar-refractivity contribution in [2.45, 2.75) is 162 Å². The zero-order valence-corrected chi connectivity index (χ0v) is 86.4. The molecule has 10 aromatic heterocycles. The molecule has 20 N–H and O–H groups in total. The maximum atomic E-state index is 15.4. The lowest BCUT2D eigenvalue weighted by Crippen LogP contribution is -2.41. The number of hydrogen-bond donors (Lipinski definition) is 15. The van der Waals surface area contributed by atoms with Crippen molar-refractivity contribution < 1.29 is 169 Å². The number of anilines is 5. The van der Waals surface area contributed by atoms with Gasteiger partial charge in [0.05, 0.1) is 130 Å². The zero-order valence-electron chi connectivity index (χ0n) is 78.5. The first-order valence-electron chi connectivity index (χ1n) is 44.2. The van der Waals surface area contributed by atoms with Gasteiger partial charge in [-0.1, -0.05) is 0 Å². The summed E-state index contributed by atoms with van der Waals surface area (Å²) in [5.41, 5.74) is 25.5. The highest BCUT2D eigenvalue weighted by molar-refractivity contribution is 8.07. The molecule has 10 aromatic rings. The van der Waals surface area contributed by atoms with Crippen LogP contribution in [0.1, 0.15) is 61.3 Å². The Morgan fingerprint density at radius 3 is 1.17 bits per heavy atom. The van der Waals surface area contributed by atoms with Gasteiger partial charge < -0.3 is 152 Å². The van der Waals surface area contributed by atoms with E-state index >= 15 is 13.7 Å². The number of nitrogens with zero attached hydrogens (tertiary/aromatic N) is 17. The van der Waals surface area contributed by atoms with Crippen LogP contribution in [-0.2, 0) is 170 Å². The number of aromatic nitrogens is 20. The molecule has 0 amide bonds. The van der Waals surface area contributed by atoms with E-state index in [2.05, 4.69) is 69.8 Å². The molecule has 6 aliphatic heterocycles. The number of H-pyrrole nitrogens is 3. The number of rotatable bonds is 51. The number of aliphatic hydroxyl groups excluding tert-OH is 1. The Balaban J connectivity index is 0.683. The topological polar surface area (TPSA) is 867 Å². The molecule has 0 saturated carbocycles. The molecule has 6 saturated heterocycles. The molecule has 66 nitrogen and oxygen atoms in total. The molecule has 148 heavy (non-hydrogen) atoms. The molecule has 814 valence electrons. The number of nitrogens with two attached hydrogens (primary N) is 5. The molecule has 0 aliphatic carbocycles. The van der Waals surface area contributed by atoms with Crippen molar-refractivity contribution in [1.82, 2.24) is 97.2 Å². The van der Waals surface area contributed by atoms with Crippen molar-refractivity contribution in [3.8, 4) is 0 Å². The minimum atomic E-state index is -5.98. The van der Waals surface area contributed by atoms with Crippen LogP contribution in [-0.4, -0.2) is 357 Å². The maximum absolute atomic E-state index is 15.4. The van der Waals surface area contributed by atoms with Gasteiger partial charge >= 0.3 is 55.0 Å². The Bertz CT molecular complexity index is 7040. The normalized spacial score (nSPS) is 28.9. The van der Waals surface area contributed by atoms with Crippen molar-refractivity contribution in [3.63, 3.8) is 0 Å². The van der Waals surface area contributed by atoms with Crippen LogP contribution in [0.2, 0.25) is 0 Å². The van der Waals surface area contributed by atoms with Crippen LogP contribution in [0.15, 0.2) is 74.3 Å². The van der Waals surface area contributed by atoms with E-state index in [0.29, 0.717) is 5.56 Å². The van der Waals surface area contributed by atoms with Gasteiger partial charge in [-0.05, 0) is 49.3 Å². The smallest absolute Gasteiger partial charge is 0.394 e. The number of aliphatic hydroxyl groups is 1. The number of nitrogen functional groups attached to an aromatic ring is 5. The second-order valence-electron chi connectivity index (χ2n) is 33.2. The second-order valence-corrected chi connectivity index (χ2v) is 45.9. The van der Waals surface area contributed by atoms with Crippen molar-refractivity contribution in [1.29, 1.82) is 0 Å². The van der Waals surface area contributed by atoms with Gasteiger partial charge in [0.1, 0.15) is 127 Å². The number of imidazole rings is 4. The maximum Gasteiger partial charge on any atom is 0.472 e. The Morgan fingerprint density at radius 1 is 0.378 bits per heavy atom. The fraction of sp³-hybridized carbons (Fsp3) is 0.616. The van der Waals surface area contributed by atoms with Gasteiger partial charge in [-0.25, -0.2) is 63.2 Å². The van der Waals surface area contributed by atoms with Crippen LogP contribution in [0.25, 0.3) is 44.7 Å². The molecule has 10 unspecified atom stereocenters. The fourth-order valence-electron chi connectivity index (χ4n) is 16.8. The second kappa shape index (κ2) is 47.3. The van der Waals surface area contributed by atoms with Crippen LogP contribution < -0.4 is 56.7 Å². The van der Waals surface area contributed by atoms with Gasteiger partial charge in [0.2, 0.25) is 11.9 Å². The number of aromatic amines is 3. The van der Waals surface area contributed by atoms with Crippen molar-refractivity contribution in [2.24, 2.45) is 0 Å². The predicted octanol–water partition coefficient (Wildman–Crippen LogP) is -2.46. The average molecular weight is 2270 g/mol. The van der Waals surface area contributed by atoms with Crippen LogP contribution >= 0.6 is 43.6 Å². The third kappa shape index (κ3) is 25.6. The lowest BCUT2D eigenvalue weighted by atomic mass is 10.1. The number of methoxy groups -OCH3 is 4. The monoisotopic (exact) mass is 2270 g/mol. The summed E-state index contributed by atoms with van der Waals surface area (Å²) in [5.74, 6) is -0.993. The van der Waals surface area contributed by atoms with Crippen molar-refractivity contribution in [3.05, 3.63) is 114 Å². The molecule has 0 aromatic carbocycles. The Kier molecular flexibility index (Phi) is 35.9. The third-order valence-corrected chi connectivity index (χ3v) is 31.4. The number of aryl methyl sites for hydroxylation is 2. The number of hydrogen-bond acceptors (Lipinski definition) is 54. The summed E-state index contributed by atoms with van der Waals surface area (Å²) in [4.78, 5) is 192. The van der Waals surface area contributed by atoms with Gasteiger partial charge in [0.15, 0.2) is 70.2 Å². The Morgan fingerprint density at radius 2 is 0.736 bits per heavy atom. The molecule has 28 atom stereocenters. The number of nitrogens with one attached hydrogen (secondary N) is 3. The summed E-state index contributed by atoms with van der Waals surface area (Å²) in [6.45, 7) is -18.8. The minimum Gasteiger partial charge on any atom is -0.394 e. The molecule has 0 bridgehead atoms. The zero-order chi connectivity index (χ0) is 106. The number of fused-ring (bicyclic) bond motifs is 4. The highest BCUT2D eigenvalue weighted by Crippen LogP contribution is 2.59. The molecular formula is C73H103N25O41P6S3. The largest absolute Gasteiger partial charge is 0.472 e. The summed E-state index contributed by atoms with van der Waals surface area (Å²) < 4.78 is 208. The predicted molar refractivity (Wildman–Crippen MR) is 510 cm³/mol. The fourth-order valence-corrected chi connectivity index (χ4v) is 23.6. The number of ether oxygens (including phenoxy) is 14. The van der Waals surface area contributed by atoms with Crippen LogP contribution in [0.4, 0.5) is 29.4 Å². The van der Waals surface area contributed by atoms with E-state index in [-0.39, 0.29) is 126 Å². The molecule has 6 aliphatic rings. The SMILES string of the molecule is COCCOC1[C@@H](OP(=O)(O)OC[C@H]2O[C@@H](n3cnc4c(N)ncnc43)C[C@H]2OP(O)(=S)OC[C@H]2O[C@@H](n3cc(C)c(N)nc3=O)C[C@H]2OP(O)(=S)OC)[C@@H](COP(=O)(O)O[C@@H]2C(OCCOC)[C@H](n3cnc4c(N)ncnc43)O[C@@H]2COP(=O)(O)O[C@@H]2C(OCCOC)[C@H](n3cnc4c(=O)[nH]c(N)nc43)O[C@@H]2COP(O)(=S)O[C@@H]2C(OCCOC)[C@H](n3cnc4c(=O)[nH]c(N)nc43)O[C@@H]2CO)O[C@H]1n1cc(C)c(=O)[nH]c1=O. The molecule has 0 radical (unpaired) electrons. The molecular weight excluding hydrogens is 2160 g/mol. The average Bonchev–Trinajstić information content (AvgIpc) is 1.60. The van der Waals surface area contributed by atoms with Crippen LogP contribution in [0.3, 0.4) is 0 Å². The lowest BCUT2D eigenvalue weighted by molar-refractivity contribution is -0.0841. The first kappa shape index (κ1) is 112. The van der Waals surface area contributed by atoms with E-state index in [1.807, 2.05) is 0 Å². The molecule has 16 heterocycles. The van der Waals surface area contributed by atoms with Gasteiger partial charge in [0.25, 0.3) is 16.7 Å². The van der Waals surface area contributed by atoms with E-state index in [1.165, 1.54) is 67.9 Å². The third-order valence-electron chi connectivity index (χ3n) is 23.6. The van der Waals surface area contributed by atoms with Gasteiger partial charge in [0, 0.05) is 71.9 Å². The quantitative estimate of drug-likeness (QED) is 0.0139. The van der Waals surface area contributed by atoms with E-state index in [1.54, 1.807) is 6.92 Å². The van der Waals surface area contributed by atoms with Crippen LogP contribution in [0.5, 0.6) is 0 Å². The minimum absolute atomic E-state index is 0.0248. The summed E-state index contributed by atoms with van der Waals surface area (Å²) in [5, 5.41) is 10.9. The van der Waals surface area contributed by atoms with Crippen molar-refractivity contribution in [2.75, 3.05) is 157 Å². The first-order valence-corrected chi connectivity index (χ1v) is 56.5. The summed E-state index contributed by atoms with van der Waals surface area (Å²) in [6, 6.07) is 0. The highest BCUT2D eigenvalue weighted by Gasteiger charge is 2.59. The van der Waals surface area contributed by atoms with E-state index in [0.717, 1.165) is 52.3 Å². The van der Waals surface area contributed by atoms with Crippen LogP contribution in [0, 0.1) is 13.8 Å². The van der Waals surface area contributed by atoms with E-state index in [4.69, 9.17) is 185 Å². The highest BCUT2D eigenvalue weighted by atomic mass is 32.5. The molecule has 0 spiro atoms. The van der Waals surface area contributed by atoms with E-state index in [9.17, 15) is 58.4 Å². The number of phosphoric ester groups is 3. The number of phosphoric acid groups is 3. The molecule has 16 rings (SSSR count). The summed E-state index contributed by atoms with van der Waals surface area (Å²) in [7, 11) is -11.3. The Hall–Kier alpha value is -8.32. The molecule has 75 heteroatoms.